The highest BCUT2D eigenvalue weighted by Gasteiger charge is 2.34. The fourth-order valence-electron chi connectivity index (χ4n) is 2.98. The third-order valence-corrected chi connectivity index (χ3v) is 4.38. The second kappa shape index (κ2) is 5.40. The number of hydrogen-bond donors (Lipinski definition) is 1. The summed E-state index contributed by atoms with van der Waals surface area (Å²) in [5.41, 5.74) is 1.76. The van der Waals surface area contributed by atoms with Crippen LogP contribution in [0.25, 0.3) is 0 Å². The second-order valence-electron chi connectivity index (χ2n) is 6.02. The Morgan fingerprint density at radius 1 is 1.40 bits per heavy atom. The van der Waals surface area contributed by atoms with Crippen LogP contribution in [-0.4, -0.2) is 35.5 Å². The van der Waals surface area contributed by atoms with Crippen molar-refractivity contribution < 1.29 is 4.92 Å². The first kappa shape index (κ1) is 13.4. The predicted molar refractivity (Wildman–Crippen MR) is 79.0 cm³/mol. The minimum Gasteiger partial charge on any atom is -0.385 e. The van der Waals surface area contributed by atoms with E-state index in [9.17, 15) is 10.1 Å². The average Bonchev–Trinajstić information content (AvgIpc) is 3.17. The van der Waals surface area contributed by atoms with Crippen LogP contribution in [0.2, 0.25) is 0 Å². The van der Waals surface area contributed by atoms with E-state index in [2.05, 4.69) is 10.2 Å². The van der Waals surface area contributed by atoms with E-state index >= 15 is 0 Å². The highest BCUT2D eigenvalue weighted by atomic mass is 16.6. The molecule has 2 fully saturated rings. The molecule has 2 aliphatic rings. The molecule has 0 spiro atoms. The van der Waals surface area contributed by atoms with E-state index in [1.807, 2.05) is 12.1 Å². The maximum Gasteiger partial charge on any atom is 0.274 e. The van der Waals surface area contributed by atoms with E-state index in [0.29, 0.717) is 11.5 Å². The molecular weight excluding hydrogens is 254 g/mol. The van der Waals surface area contributed by atoms with Gasteiger partial charge < -0.3 is 10.2 Å². The molecule has 0 amide bonds. The topological polar surface area (TPSA) is 58.4 Å². The van der Waals surface area contributed by atoms with Crippen molar-refractivity contribution in [3.8, 4) is 0 Å². The van der Waals surface area contributed by atoms with Gasteiger partial charge in [-0.3, -0.25) is 10.1 Å². The fourth-order valence-corrected chi connectivity index (χ4v) is 2.98. The van der Waals surface area contributed by atoms with Crippen LogP contribution in [0.1, 0.15) is 24.8 Å². The molecule has 1 aromatic rings. The summed E-state index contributed by atoms with van der Waals surface area (Å²) in [5, 5.41) is 14.3. The number of benzene rings is 1. The minimum absolute atomic E-state index is 0.195. The Kier molecular flexibility index (Phi) is 3.61. The van der Waals surface area contributed by atoms with Gasteiger partial charge in [0.1, 0.15) is 0 Å². The Morgan fingerprint density at radius 2 is 2.20 bits per heavy atom. The smallest absolute Gasteiger partial charge is 0.274 e. The van der Waals surface area contributed by atoms with Gasteiger partial charge in [0.25, 0.3) is 5.69 Å². The minimum atomic E-state index is -0.315. The largest absolute Gasteiger partial charge is 0.385 e. The SMILES string of the molecule is Cc1ccc(NCC2CCN(C3CC3)C2)cc1[N+](=O)[O-]. The first-order chi connectivity index (χ1) is 9.63. The van der Waals surface area contributed by atoms with Gasteiger partial charge in [0.15, 0.2) is 0 Å². The number of hydrogen-bond acceptors (Lipinski definition) is 4. The van der Waals surface area contributed by atoms with E-state index in [0.717, 1.165) is 18.3 Å². The number of nitrogens with one attached hydrogen (secondary N) is 1. The van der Waals surface area contributed by atoms with E-state index in [1.165, 1.54) is 32.4 Å². The molecule has 0 aromatic heterocycles. The summed E-state index contributed by atoms with van der Waals surface area (Å²) in [5.74, 6) is 0.663. The first-order valence-electron chi connectivity index (χ1n) is 7.36. The summed E-state index contributed by atoms with van der Waals surface area (Å²) in [7, 11) is 0. The zero-order valence-corrected chi connectivity index (χ0v) is 11.8. The molecule has 1 N–H and O–H groups in total. The summed E-state index contributed by atoms with van der Waals surface area (Å²) in [6.07, 6.45) is 3.96. The molecule has 0 bridgehead atoms. The lowest BCUT2D eigenvalue weighted by Gasteiger charge is -2.15. The number of likely N-dealkylation sites (tertiary alicyclic amines) is 1. The van der Waals surface area contributed by atoms with Crippen molar-refractivity contribution in [1.29, 1.82) is 0 Å². The standard InChI is InChI=1S/C15H21N3O2/c1-11-2-3-13(8-15(11)18(19)20)16-9-12-6-7-17(10-12)14-4-5-14/h2-3,8,12,14,16H,4-7,9-10H2,1H3. The van der Waals surface area contributed by atoms with Crippen LogP contribution in [0.3, 0.4) is 0 Å². The van der Waals surface area contributed by atoms with Crippen LogP contribution in [0.4, 0.5) is 11.4 Å². The number of nitro benzene ring substituents is 1. The maximum absolute atomic E-state index is 10.9. The fraction of sp³-hybridized carbons (Fsp3) is 0.600. The lowest BCUT2D eigenvalue weighted by molar-refractivity contribution is -0.385. The van der Waals surface area contributed by atoms with Crippen LogP contribution in [0.15, 0.2) is 18.2 Å². The van der Waals surface area contributed by atoms with E-state index < -0.39 is 0 Å². The predicted octanol–water partition coefficient (Wildman–Crippen LogP) is 2.80. The van der Waals surface area contributed by atoms with Crippen molar-refractivity contribution in [2.75, 3.05) is 25.0 Å². The van der Waals surface area contributed by atoms with Gasteiger partial charge in [-0.25, -0.2) is 0 Å². The van der Waals surface area contributed by atoms with Crippen LogP contribution >= 0.6 is 0 Å². The number of aryl methyl sites for hydroxylation is 1. The van der Waals surface area contributed by atoms with Crippen molar-refractivity contribution in [1.82, 2.24) is 4.90 Å². The van der Waals surface area contributed by atoms with Crippen LogP contribution in [0, 0.1) is 23.0 Å². The van der Waals surface area contributed by atoms with Crippen molar-refractivity contribution in [2.45, 2.75) is 32.2 Å². The third-order valence-electron chi connectivity index (χ3n) is 4.38. The van der Waals surface area contributed by atoms with Gasteiger partial charge in [0, 0.05) is 36.4 Å². The molecule has 108 valence electrons. The highest BCUT2D eigenvalue weighted by molar-refractivity contribution is 5.54. The third kappa shape index (κ3) is 2.93. The summed E-state index contributed by atoms with van der Waals surface area (Å²) < 4.78 is 0. The van der Waals surface area contributed by atoms with Gasteiger partial charge in [-0.05, 0) is 44.7 Å². The van der Waals surface area contributed by atoms with Crippen molar-refractivity contribution in [3.63, 3.8) is 0 Å². The highest BCUT2D eigenvalue weighted by Crippen LogP contribution is 2.32. The monoisotopic (exact) mass is 275 g/mol. The molecule has 1 aromatic carbocycles. The number of anilines is 1. The van der Waals surface area contributed by atoms with Gasteiger partial charge in [0.2, 0.25) is 0 Å². The van der Waals surface area contributed by atoms with Gasteiger partial charge >= 0.3 is 0 Å². The normalized spacial score (nSPS) is 22.9. The van der Waals surface area contributed by atoms with Crippen molar-refractivity contribution in [3.05, 3.63) is 33.9 Å². The molecule has 1 unspecified atom stereocenters. The molecule has 1 heterocycles. The maximum atomic E-state index is 10.9. The Balaban J connectivity index is 1.55. The van der Waals surface area contributed by atoms with Crippen LogP contribution < -0.4 is 5.32 Å². The number of nitrogens with zero attached hydrogens (tertiary/aromatic N) is 2. The molecule has 1 aliphatic carbocycles. The van der Waals surface area contributed by atoms with Crippen LogP contribution in [-0.2, 0) is 0 Å². The van der Waals surface area contributed by atoms with Crippen molar-refractivity contribution >= 4 is 11.4 Å². The number of rotatable bonds is 5. The zero-order valence-electron chi connectivity index (χ0n) is 11.8. The summed E-state index contributed by atoms with van der Waals surface area (Å²) >= 11 is 0. The summed E-state index contributed by atoms with van der Waals surface area (Å²) in [4.78, 5) is 13.2. The molecule has 1 saturated heterocycles. The lowest BCUT2D eigenvalue weighted by Crippen LogP contribution is -2.24. The molecule has 1 aliphatic heterocycles. The molecule has 1 atom stereocenters. The summed E-state index contributed by atoms with van der Waals surface area (Å²) in [6, 6.07) is 6.23. The molecular formula is C15H21N3O2. The zero-order chi connectivity index (χ0) is 14.1. The van der Waals surface area contributed by atoms with Gasteiger partial charge in [-0.1, -0.05) is 6.07 Å². The van der Waals surface area contributed by atoms with E-state index in [1.54, 1.807) is 13.0 Å². The molecule has 1 saturated carbocycles. The molecule has 0 radical (unpaired) electrons. The second-order valence-corrected chi connectivity index (χ2v) is 6.02. The molecule has 5 heteroatoms. The first-order valence-corrected chi connectivity index (χ1v) is 7.36. The van der Waals surface area contributed by atoms with Crippen molar-refractivity contribution in [2.24, 2.45) is 5.92 Å². The van der Waals surface area contributed by atoms with Gasteiger partial charge in [-0.2, -0.15) is 0 Å². The van der Waals surface area contributed by atoms with Gasteiger partial charge in [0.05, 0.1) is 4.92 Å². The Morgan fingerprint density at radius 3 is 2.90 bits per heavy atom. The van der Waals surface area contributed by atoms with Gasteiger partial charge in [-0.15, -0.1) is 0 Å². The average molecular weight is 275 g/mol. The summed E-state index contributed by atoms with van der Waals surface area (Å²) in [6.45, 7) is 5.06. The number of nitro groups is 1. The quantitative estimate of drug-likeness (QED) is 0.663. The lowest BCUT2D eigenvalue weighted by atomic mass is 10.1. The molecule has 5 nitrogen and oxygen atoms in total. The Hall–Kier alpha value is -1.62. The van der Waals surface area contributed by atoms with E-state index in [4.69, 9.17) is 0 Å². The Bertz CT molecular complexity index is 514. The van der Waals surface area contributed by atoms with E-state index in [-0.39, 0.29) is 10.6 Å². The Labute approximate surface area is 119 Å². The van der Waals surface area contributed by atoms with Crippen LogP contribution in [0.5, 0.6) is 0 Å². The molecule has 3 rings (SSSR count). The molecule has 20 heavy (non-hydrogen) atoms.